The highest BCUT2D eigenvalue weighted by molar-refractivity contribution is 9.10. The quantitative estimate of drug-likeness (QED) is 0.865. The Morgan fingerprint density at radius 1 is 1.58 bits per heavy atom. The summed E-state index contributed by atoms with van der Waals surface area (Å²) < 4.78 is 6.57. The number of aliphatic hydroxyl groups is 1. The van der Waals surface area contributed by atoms with Crippen LogP contribution < -0.4 is 4.90 Å². The predicted octanol–water partition coefficient (Wildman–Crippen LogP) is 2.24. The van der Waals surface area contributed by atoms with Crippen LogP contribution in [-0.2, 0) is 4.74 Å². The molecule has 5 heteroatoms. The number of halogens is 1. The van der Waals surface area contributed by atoms with Gasteiger partial charge in [0.2, 0.25) is 0 Å². The number of nitrogens with zero attached hydrogens (tertiary/aromatic N) is 1. The Morgan fingerprint density at radius 2 is 2.32 bits per heavy atom. The van der Waals surface area contributed by atoms with E-state index in [4.69, 9.17) is 4.74 Å². The molecule has 104 valence electrons. The third-order valence-electron chi connectivity index (χ3n) is 3.16. The maximum absolute atomic E-state index is 10.8. The lowest BCUT2D eigenvalue weighted by Crippen LogP contribution is -2.54. The second-order valence-corrected chi connectivity index (χ2v) is 6.24. The molecule has 4 nitrogen and oxygen atoms in total. The first-order valence-electron chi connectivity index (χ1n) is 6.23. The second-order valence-electron chi connectivity index (χ2n) is 5.39. The summed E-state index contributed by atoms with van der Waals surface area (Å²) in [6, 6.07) is 5.65. The Labute approximate surface area is 121 Å². The summed E-state index contributed by atoms with van der Waals surface area (Å²) >= 11 is 3.40. The fourth-order valence-corrected chi connectivity index (χ4v) is 2.86. The lowest BCUT2D eigenvalue weighted by atomic mass is 10.0. The summed E-state index contributed by atoms with van der Waals surface area (Å²) in [5.74, 6) is 0. The van der Waals surface area contributed by atoms with Crippen LogP contribution in [0.2, 0.25) is 0 Å². The van der Waals surface area contributed by atoms with E-state index in [0.717, 1.165) is 23.0 Å². The normalized spacial score (nSPS) is 22.3. The molecule has 0 bridgehead atoms. The third-order valence-corrected chi connectivity index (χ3v) is 3.85. The zero-order chi connectivity index (χ0) is 14.0. The molecular weight excluding hydrogens is 310 g/mol. The molecule has 0 spiro atoms. The highest BCUT2D eigenvalue weighted by Gasteiger charge is 2.33. The Hall–Kier alpha value is -0.910. The first kappa shape index (κ1) is 14.5. The number of carbonyl (C=O) groups excluding carboxylic acids is 1. The maximum Gasteiger partial charge on any atom is 0.151 e. The molecule has 0 saturated carbocycles. The molecule has 1 aliphatic heterocycles. The van der Waals surface area contributed by atoms with Gasteiger partial charge in [-0.2, -0.15) is 0 Å². The first-order valence-corrected chi connectivity index (χ1v) is 7.03. The molecule has 1 unspecified atom stereocenters. The topological polar surface area (TPSA) is 49.8 Å². The van der Waals surface area contributed by atoms with E-state index >= 15 is 0 Å². The maximum atomic E-state index is 10.8. The summed E-state index contributed by atoms with van der Waals surface area (Å²) in [6.45, 7) is 5.42. The number of aldehydes is 1. The van der Waals surface area contributed by atoms with Crippen LogP contribution in [0.3, 0.4) is 0 Å². The molecule has 2 rings (SSSR count). The molecule has 1 aromatic carbocycles. The van der Waals surface area contributed by atoms with E-state index in [0.29, 0.717) is 12.1 Å². The number of aliphatic hydroxyl groups excluding tert-OH is 1. The highest BCUT2D eigenvalue weighted by Crippen LogP contribution is 2.29. The standard InChI is InChI=1S/C14H18BrNO3/c1-14(2)9-16(6-12(8-18)19-14)11-4-3-10(7-17)13(15)5-11/h3-5,7,12,18H,6,8-9H2,1-2H3. The highest BCUT2D eigenvalue weighted by atomic mass is 79.9. The zero-order valence-corrected chi connectivity index (χ0v) is 12.7. The van der Waals surface area contributed by atoms with Crippen molar-refractivity contribution in [1.29, 1.82) is 0 Å². The Bertz CT molecular complexity index is 476. The van der Waals surface area contributed by atoms with Crippen molar-refractivity contribution in [2.24, 2.45) is 0 Å². The van der Waals surface area contributed by atoms with Gasteiger partial charge in [-0.3, -0.25) is 4.79 Å². The van der Waals surface area contributed by atoms with Crippen molar-refractivity contribution >= 4 is 27.9 Å². The molecular formula is C14H18BrNO3. The van der Waals surface area contributed by atoms with Gasteiger partial charge in [-0.05, 0) is 48.0 Å². The van der Waals surface area contributed by atoms with Gasteiger partial charge in [-0.15, -0.1) is 0 Å². The molecule has 0 aromatic heterocycles. The van der Waals surface area contributed by atoms with Crippen molar-refractivity contribution < 1.29 is 14.6 Å². The van der Waals surface area contributed by atoms with Gasteiger partial charge in [0.25, 0.3) is 0 Å². The van der Waals surface area contributed by atoms with Crippen molar-refractivity contribution in [2.75, 3.05) is 24.6 Å². The molecule has 1 fully saturated rings. The van der Waals surface area contributed by atoms with Crippen LogP contribution in [0.25, 0.3) is 0 Å². The monoisotopic (exact) mass is 327 g/mol. The average Bonchev–Trinajstić information content (AvgIpc) is 2.36. The molecule has 0 amide bonds. The van der Waals surface area contributed by atoms with Crippen molar-refractivity contribution in [3.05, 3.63) is 28.2 Å². The third kappa shape index (κ3) is 3.35. The van der Waals surface area contributed by atoms with Crippen LogP contribution in [0.15, 0.2) is 22.7 Å². The Kier molecular flexibility index (Phi) is 4.28. The van der Waals surface area contributed by atoms with E-state index in [9.17, 15) is 9.90 Å². The Balaban J connectivity index is 2.25. The molecule has 1 N–H and O–H groups in total. The van der Waals surface area contributed by atoms with Crippen LogP contribution >= 0.6 is 15.9 Å². The van der Waals surface area contributed by atoms with Gasteiger partial charge in [0, 0.05) is 28.8 Å². The number of hydrogen-bond acceptors (Lipinski definition) is 4. The summed E-state index contributed by atoms with van der Waals surface area (Å²) in [5, 5.41) is 9.32. The molecule has 1 heterocycles. The van der Waals surface area contributed by atoms with Gasteiger partial charge in [-0.25, -0.2) is 0 Å². The van der Waals surface area contributed by atoms with Gasteiger partial charge < -0.3 is 14.7 Å². The first-order chi connectivity index (χ1) is 8.95. The largest absolute Gasteiger partial charge is 0.394 e. The fraction of sp³-hybridized carbons (Fsp3) is 0.500. The molecule has 0 radical (unpaired) electrons. The minimum absolute atomic E-state index is 0.00746. The number of benzene rings is 1. The van der Waals surface area contributed by atoms with Gasteiger partial charge in [0.1, 0.15) is 0 Å². The van der Waals surface area contributed by atoms with Crippen molar-refractivity contribution in [1.82, 2.24) is 0 Å². The van der Waals surface area contributed by atoms with E-state index < -0.39 is 0 Å². The number of hydrogen-bond donors (Lipinski definition) is 1. The molecule has 0 aliphatic carbocycles. The minimum Gasteiger partial charge on any atom is -0.394 e. The molecule has 19 heavy (non-hydrogen) atoms. The number of morpholine rings is 1. The van der Waals surface area contributed by atoms with Crippen LogP contribution in [-0.4, -0.2) is 42.8 Å². The van der Waals surface area contributed by atoms with Gasteiger partial charge in [0.15, 0.2) is 6.29 Å². The van der Waals surface area contributed by atoms with Crippen LogP contribution in [0.4, 0.5) is 5.69 Å². The molecule has 1 atom stereocenters. The van der Waals surface area contributed by atoms with Gasteiger partial charge in [0.05, 0.1) is 18.3 Å². The minimum atomic E-state index is -0.304. The summed E-state index contributed by atoms with van der Waals surface area (Å²) in [4.78, 5) is 13.0. The summed E-state index contributed by atoms with van der Waals surface area (Å²) in [6.07, 6.45) is 0.640. The summed E-state index contributed by atoms with van der Waals surface area (Å²) in [7, 11) is 0. The summed E-state index contributed by atoms with van der Waals surface area (Å²) in [5.41, 5.74) is 1.35. The van der Waals surface area contributed by atoms with Gasteiger partial charge >= 0.3 is 0 Å². The second kappa shape index (κ2) is 5.61. The molecule has 1 aliphatic rings. The van der Waals surface area contributed by atoms with Crippen molar-refractivity contribution in [2.45, 2.75) is 25.6 Å². The van der Waals surface area contributed by atoms with E-state index in [1.54, 1.807) is 6.07 Å². The van der Waals surface area contributed by atoms with Crippen LogP contribution in [0.1, 0.15) is 24.2 Å². The smallest absolute Gasteiger partial charge is 0.151 e. The van der Waals surface area contributed by atoms with Crippen molar-refractivity contribution in [3.8, 4) is 0 Å². The molecule has 1 aromatic rings. The van der Waals surface area contributed by atoms with E-state index in [1.165, 1.54) is 0 Å². The van der Waals surface area contributed by atoms with E-state index in [1.807, 2.05) is 26.0 Å². The van der Waals surface area contributed by atoms with E-state index in [2.05, 4.69) is 20.8 Å². The van der Waals surface area contributed by atoms with E-state index in [-0.39, 0.29) is 18.3 Å². The van der Waals surface area contributed by atoms with Crippen LogP contribution in [0.5, 0.6) is 0 Å². The predicted molar refractivity (Wildman–Crippen MR) is 77.8 cm³/mol. The van der Waals surface area contributed by atoms with Gasteiger partial charge in [-0.1, -0.05) is 0 Å². The SMILES string of the molecule is CC1(C)CN(c2ccc(C=O)c(Br)c2)CC(CO)O1. The average molecular weight is 328 g/mol. The fourth-order valence-electron chi connectivity index (χ4n) is 2.40. The number of rotatable bonds is 3. The number of anilines is 1. The lowest BCUT2D eigenvalue weighted by molar-refractivity contribution is -0.101. The molecule has 1 saturated heterocycles. The van der Waals surface area contributed by atoms with Crippen molar-refractivity contribution in [3.63, 3.8) is 0 Å². The lowest BCUT2D eigenvalue weighted by Gasteiger charge is -2.43. The number of carbonyl (C=O) groups is 1. The number of ether oxygens (including phenoxy) is 1. The Morgan fingerprint density at radius 3 is 2.89 bits per heavy atom. The van der Waals surface area contributed by atoms with Crippen LogP contribution in [0, 0.1) is 0 Å². The zero-order valence-electron chi connectivity index (χ0n) is 11.1.